The van der Waals surface area contributed by atoms with E-state index in [9.17, 15) is 9.59 Å². The van der Waals surface area contributed by atoms with E-state index in [2.05, 4.69) is 24.5 Å². The minimum Gasteiger partial charge on any atom is -0.481 e. The fraction of sp³-hybridized carbons (Fsp3) is 0.333. The van der Waals surface area contributed by atoms with Crippen molar-refractivity contribution in [3.8, 4) is 11.5 Å². The number of carbonyl (C=O) groups excluding carboxylic acids is 2. The van der Waals surface area contributed by atoms with Gasteiger partial charge in [0.25, 0.3) is 11.8 Å². The standard InChI is InChI=1S/C21H24N2O4/c1-12(2)15-6-5-7-17(10-15)26-13(3)20(24)22-16-8-9-19-18(11-16)23-21(25)14(4)27-19/h5-14H,1-4H3,(H,22,24)(H,23,25). The van der Waals surface area contributed by atoms with Crippen molar-refractivity contribution in [1.82, 2.24) is 0 Å². The van der Waals surface area contributed by atoms with Crippen LogP contribution in [0.15, 0.2) is 42.5 Å². The number of benzene rings is 2. The highest BCUT2D eigenvalue weighted by molar-refractivity contribution is 5.99. The molecule has 2 aromatic carbocycles. The van der Waals surface area contributed by atoms with Crippen LogP contribution in [0.2, 0.25) is 0 Å². The maximum absolute atomic E-state index is 12.5. The zero-order valence-electron chi connectivity index (χ0n) is 15.9. The lowest BCUT2D eigenvalue weighted by Gasteiger charge is -2.24. The Balaban J connectivity index is 1.66. The zero-order valence-corrected chi connectivity index (χ0v) is 15.9. The van der Waals surface area contributed by atoms with Gasteiger partial charge in [-0.25, -0.2) is 0 Å². The van der Waals surface area contributed by atoms with Crippen LogP contribution in [0.5, 0.6) is 11.5 Å². The molecule has 0 spiro atoms. The van der Waals surface area contributed by atoms with Crippen LogP contribution in [-0.2, 0) is 9.59 Å². The maximum Gasteiger partial charge on any atom is 0.265 e. The second-order valence-electron chi connectivity index (χ2n) is 6.94. The lowest BCUT2D eigenvalue weighted by molar-refractivity contribution is -0.123. The first-order chi connectivity index (χ1) is 12.8. The third-order valence-electron chi connectivity index (χ3n) is 4.38. The van der Waals surface area contributed by atoms with Crippen molar-refractivity contribution >= 4 is 23.2 Å². The molecule has 0 saturated heterocycles. The largest absolute Gasteiger partial charge is 0.481 e. The molecule has 0 radical (unpaired) electrons. The zero-order chi connectivity index (χ0) is 19.6. The minimum absolute atomic E-state index is 0.215. The molecule has 27 heavy (non-hydrogen) atoms. The third kappa shape index (κ3) is 4.39. The van der Waals surface area contributed by atoms with E-state index < -0.39 is 12.2 Å². The third-order valence-corrected chi connectivity index (χ3v) is 4.38. The van der Waals surface area contributed by atoms with Crippen LogP contribution >= 0.6 is 0 Å². The predicted molar refractivity (Wildman–Crippen MR) is 104 cm³/mol. The lowest BCUT2D eigenvalue weighted by atomic mass is 10.0. The van der Waals surface area contributed by atoms with Gasteiger partial charge in [0.05, 0.1) is 5.69 Å². The van der Waals surface area contributed by atoms with Crippen LogP contribution in [0.4, 0.5) is 11.4 Å². The van der Waals surface area contributed by atoms with Gasteiger partial charge in [0.2, 0.25) is 0 Å². The van der Waals surface area contributed by atoms with E-state index >= 15 is 0 Å². The van der Waals surface area contributed by atoms with E-state index in [1.807, 2.05) is 24.3 Å². The monoisotopic (exact) mass is 368 g/mol. The molecule has 0 fully saturated rings. The molecule has 1 aliphatic rings. The van der Waals surface area contributed by atoms with E-state index in [4.69, 9.17) is 9.47 Å². The SMILES string of the molecule is CC(Oc1cccc(C(C)C)c1)C(=O)Nc1ccc2c(c1)NC(=O)C(C)O2. The van der Waals surface area contributed by atoms with Crippen molar-refractivity contribution in [1.29, 1.82) is 0 Å². The van der Waals surface area contributed by atoms with Crippen molar-refractivity contribution < 1.29 is 19.1 Å². The van der Waals surface area contributed by atoms with Gasteiger partial charge >= 0.3 is 0 Å². The van der Waals surface area contributed by atoms with E-state index in [0.29, 0.717) is 28.8 Å². The Morgan fingerprint density at radius 1 is 1.19 bits per heavy atom. The average molecular weight is 368 g/mol. The molecule has 2 aromatic rings. The molecule has 0 saturated carbocycles. The fourth-order valence-corrected chi connectivity index (χ4v) is 2.74. The number of hydrogen-bond acceptors (Lipinski definition) is 4. The Morgan fingerprint density at radius 2 is 1.96 bits per heavy atom. The number of carbonyl (C=O) groups is 2. The van der Waals surface area contributed by atoms with E-state index in [1.165, 1.54) is 0 Å². The predicted octanol–water partition coefficient (Wildman–Crippen LogP) is 3.94. The van der Waals surface area contributed by atoms with Crippen LogP contribution in [-0.4, -0.2) is 24.0 Å². The summed E-state index contributed by atoms with van der Waals surface area (Å²) in [6, 6.07) is 12.9. The summed E-state index contributed by atoms with van der Waals surface area (Å²) in [6.07, 6.45) is -1.21. The molecule has 6 nitrogen and oxygen atoms in total. The number of nitrogens with one attached hydrogen (secondary N) is 2. The van der Waals surface area contributed by atoms with Gasteiger partial charge in [0.15, 0.2) is 12.2 Å². The number of amides is 2. The molecule has 1 heterocycles. The highest BCUT2D eigenvalue weighted by atomic mass is 16.5. The van der Waals surface area contributed by atoms with Crippen molar-refractivity contribution in [2.24, 2.45) is 0 Å². The molecule has 0 bridgehead atoms. The first-order valence-corrected chi connectivity index (χ1v) is 9.02. The number of rotatable bonds is 5. The van der Waals surface area contributed by atoms with Gasteiger partial charge in [-0.05, 0) is 55.7 Å². The summed E-state index contributed by atoms with van der Waals surface area (Å²) in [5.41, 5.74) is 2.25. The molecule has 2 N–H and O–H groups in total. The Morgan fingerprint density at radius 3 is 2.70 bits per heavy atom. The molecule has 2 amide bonds. The molecule has 142 valence electrons. The van der Waals surface area contributed by atoms with Gasteiger partial charge in [-0.15, -0.1) is 0 Å². The molecule has 1 aliphatic heterocycles. The van der Waals surface area contributed by atoms with Crippen LogP contribution in [0, 0.1) is 0 Å². The molecular weight excluding hydrogens is 344 g/mol. The second-order valence-corrected chi connectivity index (χ2v) is 6.94. The van der Waals surface area contributed by atoms with Gasteiger partial charge < -0.3 is 20.1 Å². The van der Waals surface area contributed by atoms with Crippen LogP contribution in [0.3, 0.4) is 0 Å². The van der Waals surface area contributed by atoms with Crippen molar-refractivity contribution in [3.05, 3.63) is 48.0 Å². The van der Waals surface area contributed by atoms with E-state index in [-0.39, 0.29) is 11.8 Å². The Kier molecular flexibility index (Phi) is 5.35. The average Bonchev–Trinajstić information content (AvgIpc) is 2.63. The van der Waals surface area contributed by atoms with Gasteiger partial charge in [-0.3, -0.25) is 9.59 Å². The first-order valence-electron chi connectivity index (χ1n) is 9.02. The molecule has 2 atom stereocenters. The minimum atomic E-state index is -0.672. The summed E-state index contributed by atoms with van der Waals surface area (Å²) in [7, 11) is 0. The number of anilines is 2. The molecule has 2 unspecified atom stereocenters. The van der Waals surface area contributed by atoms with Crippen molar-refractivity contribution in [2.75, 3.05) is 10.6 Å². The quantitative estimate of drug-likeness (QED) is 0.838. The molecule has 0 aromatic heterocycles. The van der Waals surface area contributed by atoms with Gasteiger partial charge in [-0.2, -0.15) is 0 Å². The smallest absolute Gasteiger partial charge is 0.265 e. The Bertz CT molecular complexity index is 863. The Hall–Kier alpha value is -3.02. The Labute approximate surface area is 158 Å². The van der Waals surface area contributed by atoms with Crippen LogP contribution in [0.1, 0.15) is 39.2 Å². The van der Waals surface area contributed by atoms with Gasteiger partial charge in [-0.1, -0.05) is 26.0 Å². The number of hydrogen-bond donors (Lipinski definition) is 2. The summed E-state index contributed by atoms with van der Waals surface area (Å²) in [5.74, 6) is 1.13. The molecule has 0 aliphatic carbocycles. The summed E-state index contributed by atoms with van der Waals surface area (Å²) < 4.78 is 11.3. The van der Waals surface area contributed by atoms with Crippen LogP contribution in [0.25, 0.3) is 0 Å². The topological polar surface area (TPSA) is 76.7 Å². The van der Waals surface area contributed by atoms with Crippen molar-refractivity contribution in [3.63, 3.8) is 0 Å². The van der Waals surface area contributed by atoms with E-state index in [0.717, 1.165) is 5.56 Å². The summed E-state index contributed by atoms with van der Waals surface area (Å²) in [5, 5.41) is 5.57. The number of fused-ring (bicyclic) bond motifs is 1. The highest BCUT2D eigenvalue weighted by Crippen LogP contribution is 2.32. The second kappa shape index (κ2) is 7.70. The van der Waals surface area contributed by atoms with Crippen LogP contribution < -0.4 is 20.1 Å². The summed E-state index contributed by atoms with van der Waals surface area (Å²) >= 11 is 0. The van der Waals surface area contributed by atoms with E-state index in [1.54, 1.807) is 32.0 Å². The molecule has 3 rings (SSSR count). The van der Waals surface area contributed by atoms with Crippen molar-refractivity contribution in [2.45, 2.75) is 45.8 Å². The van der Waals surface area contributed by atoms with Gasteiger partial charge in [0.1, 0.15) is 11.5 Å². The summed E-state index contributed by atoms with van der Waals surface area (Å²) in [6.45, 7) is 7.59. The maximum atomic E-state index is 12.5. The lowest BCUT2D eigenvalue weighted by Crippen LogP contribution is -2.34. The van der Waals surface area contributed by atoms with Gasteiger partial charge in [0, 0.05) is 5.69 Å². The molecule has 6 heteroatoms. The highest BCUT2D eigenvalue weighted by Gasteiger charge is 2.24. The normalized spacial score (nSPS) is 16.8. The fourth-order valence-electron chi connectivity index (χ4n) is 2.74. The number of ether oxygens (including phenoxy) is 2. The summed E-state index contributed by atoms with van der Waals surface area (Å²) in [4.78, 5) is 24.2. The molecular formula is C21H24N2O4. The first kappa shape index (κ1) is 18.8.